The average molecular weight is 396 g/mol. The number of ether oxygens (including phenoxy) is 2. The Kier molecular flexibility index (Phi) is 7.18. The van der Waals surface area contributed by atoms with Crippen LogP contribution in [0.5, 0.6) is 5.75 Å². The molecular formula is C25H33NO3. The first-order valence-electron chi connectivity index (χ1n) is 10.7. The summed E-state index contributed by atoms with van der Waals surface area (Å²) in [5.74, 6) is 0.876. The summed E-state index contributed by atoms with van der Waals surface area (Å²) in [4.78, 5) is 14.4. The molecule has 1 aliphatic heterocycles. The summed E-state index contributed by atoms with van der Waals surface area (Å²) >= 11 is 0. The maximum atomic E-state index is 12.5. The molecule has 1 atom stereocenters. The summed E-state index contributed by atoms with van der Waals surface area (Å²) in [6.07, 6.45) is 4.75. The summed E-state index contributed by atoms with van der Waals surface area (Å²) in [6.45, 7) is 7.10. The number of carbonyl (C=O) groups excluding carboxylic acids is 1. The molecule has 4 heteroatoms. The van der Waals surface area contributed by atoms with E-state index in [2.05, 4.69) is 36.4 Å². The molecule has 0 saturated carbocycles. The number of hydrogen-bond donors (Lipinski definition) is 0. The number of rotatable bonds is 6. The van der Waals surface area contributed by atoms with Gasteiger partial charge < -0.3 is 14.4 Å². The first kappa shape index (κ1) is 21.2. The molecular weight excluding hydrogens is 362 g/mol. The molecule has 1 amide bonds. The highest BCUT2D eigenvalue weighted by Gasteiger charge is 2.30. The van der Waals surface area contributed by atoms with E-state index < -0.39 is 5.60 Å². The Balaban J connectivity index is 1.48. The van der Waals surface area contributed by atoms with E-state index in [0.717, 1.165) is 44.4 Å². The fraction of sp³-hybridized carbons (Fsp3) is 0.480. The summed E-state index contributed by atoms with van der Waals surface area (Å²) in [6, 6.07) is 19.0. The zero-order chi connectivity index (χ0) is 20.7. The van der Waals surface area contributed by atoms with Gasteiger partial charge in [-0.25, -0.2) is 4.79 Å². The molecule has 1 fully saturated rings. The molecule has 156 valence electrons. The number of piperidine rings is 1. The predicted octanol–water partition coefficient (Wildman–Crippen LogP) is 5.84. The third-order valence-corrected chi connectivity index (χ3v) is 5.15. The van der Waals surface area contributed by atoms with Crippen molar-refractivity contribution < 1.29 is 14.3 Å². The fourth-order valence-electron chi connectivity index (χ4n) is 3.71. The lowest BCUT2D eigenvalue weighted by molar-refractivity contribution is 0.00743. The van der Waals surface area contributed by atoms with Gasteiger partial charge in [-0.1, -0.05) is 42.5 Å². The van der Waals surface area contributed by atoms with Crippen LogP contribution in [0.1, 0.15) is 57.6 Å². The summed E-state index contributed by atoms with van der Waals surface area (Å²) in [7, 11) is 0. The predicted molar refractivity (Wildman–Crippen MR) is 116 cm³/mol. The van der Waals surface area contributed by atoms with Gasteiger partial charge >= 0.3 is 6.09 Å². The van der Waals surface area contributed by atoms with Crippen molar-refractivity contribution in [3.63, 3.8) is 0 Å². The van der Waals surface area contributed by atoms with Crippen molar-refractivity contribution in [2.45, 2.75) is 64.5 Å². The van der Waals surface area contributed by atoms with Gasteiger partial charge in [0.25, 0.3) is 0 Å². The van der Waals surface area contributed by atoms with Gasteiger partial charge in [0.15, 0.2) is 0 Å². The van der Waals surface area contributed by atoms with E-state index >= 15 is 0 Å². The van der Waals surface area contributed by atoms with Crippen LogP contribution in [0.3, 0.4) is 0 Å². The second kappa shape index (κ2) is 9.82. The maximum absolute atomic E-state index is 12.5. The third kappa shape index (κ3) is 6.81. The van der Waals surface area contributed by atoms with Gasteiger partial charge in [-0.3, -0.25) is 0 Å². The van der Waals surface area contributed by atoms with E-state index in [4.69, 9.17) is 9.47 Å². The van der Waals surface area contributed by atoms with Crippen LogP contribution >= 0.6 is 0 Å². The Bertz CT molecular complexity index is 765. The van der Waals surface area contributed by atoms with Gasteiger partial charge in [-0.2, -0.15) is 0 Å². The number of hydrogen-bond acceptors (Lipinski definition) is 3. The maximum Gasteiger partial charge on any atom is 0.410 e. The van der Waals surface area contributed by atoms with E-state index in [-0.39, 0.29) is 12.1 Å². The zero-order valence-electron chi connectivity index (χ0n) is 17.9. The molecule has 2 aromatic rings. The normalized spacial score (nSPS) is 17.1. The second-order valence-electron chi connectivity index (χ2n) is 8.77. The smallest absolute Gasteiger partial charge is 0.410 e. The van der Waals surface area contributed by atoms with Gasteiger partial charge in [0.2, 0.25) is 0 Å². The van der Waals surface area contributed by atoms with Crippen LogP contribution < -0.4 is 4.74 Å². The molecule has 2 aromatic carbocycles. The number of benzene rings is 2. The standard InChI is InChI=1S/C25H33NO3/c1-25(2,3)29-24(27)26-17-8-7-11-22(26)16-18-28-23-14-12-21(13-15-23)19-20-9-5-4-6-10-20/h4-6,9-10,12-15,22H,7-8,11,16-19H2,1-3H3. The van der Waals surface area contributed by atoms with E-state index in [0.29, 0.717) is 6.61 Å². The van der Waals surface area contributed by atoms with Crippen LogP contribution in [-0.4, -0.2) is 35.8 Å². The molecule has 1 saturated heterocycles. The van der Waals surface area contributed by atoms with Crippen molar-refractivity contribution in [1.82, 2.24) is 4.90 Å². The SMILES string of the molecule is CC(C)(C)OC(=O)N1CCCCC1CCOc1ccc(Cc2ccccc2)cc1. The summed E-state index contributed by atoms with van der Waals surface area (Å²) in [5, 5.41) is 0. The highest BCUT2D eigenvalue weighted by molar-refractivity contribution is 5.68. The third-order valence-electron chi connectivity index (χ3n) is 5.15. The van der Waals surface area contributed by atoms with Crippen molar-refractivity contribution in [3.8, 4) is 5.75 Å². The first-order valence-corrected chi connectivity index (χ1v) is 10.7. The number of amides is 1. The number of likely N-dealkylation sites (tertiary alicyclic amines) is 1. The molecule has 0 aliphatic carbocycles. The largest absolute Gasteiger partial charge is 0.494 e. The van der Waals surface area contributed by atoms with E-state index in [1.807, 2.05) is 43.9 Å². The van der Waals surface area contributed by atoms with Crippen molar-refractivity contribution in [2.24, 2.45) is 0 Å². The van der Waals surface area contributed by atoms with Crippen molar-refractivity contribution >= 4 is 6.09 Å². The Morgan fingerprint density at radius 3 is 2.38 bits per heavy atom. The minimum Gasteiger partial charge on any atom is -0.494 e. The fourth-order valence-corrected chi connectivity index (χ4v) is 3.71. The first-order chi connectivity index (χ1) is 13.9. The Labute approximate surface area is 174 Å². The second-order valence-corrected chi connectivity index (χ2v) is 8.77. The van der Waals surface area contributed by atoms with Crippen LogP contribution in [0.2, 0.25) is 0 Å². The number of nitrogens with zero attached hydrogens (tertiary/aromatic N) is 1. The minimum absolute atomic E-state index is 0.191. The van der Waals surface area contributed by atoms with E-state index in [1.54, 1.807) is 0 Å². The lowest BCUT2D eigenvalue weighted by Crippen LogP contribution is -2.46. The average Bonchev–Trinajstić information content (AvgIpc) is 2.69. The van der Waals surface area contributed by atoms with Crippen molar-refractivity contribution in [1.29, 1.82) is 0 Å². The molecule has 0 N–H and O–H groups in total. The van der Waals surface area contributed by atoms with Gasteiger partial charge in [0.1, 0.15) is 11.4 Å². The van der Waals surface area contributed by atoms with Crippen LogP contribution in [0.4, 0.5) is 4.79 Å². The van der Waals surface area contributed by atoms with E-state index in [1.165, 1.54) is 11.1 Å². The Morgan fingerprint density at radius 1 is 1.00 bits per heavy atom. The van der Waals surface area contributed by atoms with Crippen molar-refractivity contribution in [2.75, 3.05) is 13.2 Å². The molecule has 4 nitrogen and oxygen atoms in total. The van der Waals surface area contributed by atoms with Gasteiger partial charge in [0.05, 0.1) is 6.61 Å². The highest BCUT2D eigenvalue weighted by Crippen LogP contribution is 2.23. The van der Waals surface area contributed by atoms with Crippen LogP contribution in [0.25, 0.3) is 0 Å². The molecule has 29 heavy (non-hydrogen) atoms. The molecule has 1 unspecified atom stereocenters. The number of carbonyl (C=O) groups is 1. The zero-order valence-corrected chi connectivity index (χ0v) is 17.9. The summed E-state index contributed by atoms with van der Waals surface area (Å²) in [5.41, 5.74) is 2.12. The highest BCUT2D eigenvalue weighted by atomic mass is 16.6. The molecule has 1 aliphatic rings. The molecule has 3 rings (SSSR count). The molecule has 0 aromatic heterocycles. The monoisotopic (exact) mass is 395 g/mol. The molecule has 0 bridgehead atoms. The Morgan fingerprint density at radius 2 is 1.69 bits per heavy atom. The summed E-state index contributed by atoms with van der Waals surface area (Å²) < 4.78 is 11.5. The quantitative estimate of drug-likeness (QED) is 0.617. The topological polar surface area (TPSA) is 38.8 Å². The van der Waals surface area contributed by atoms with Gasteiger partial charge in [-0.05, 0) is 69.7 Å². The lowest BCUT2D eigenvalue weighted by atomic mass is 10.0. The Hall–Kier alpha value is -2.49. The van der Waals surface area contributed by atoms with Crippen molar-refractivity contribution in [3.05, 3.63) is 65.7 Å². The van der Waals surface area contributed by atoms with Crippen LogP contribution in [0, 0.1) is 0 Å². The lowest BCUT2D eigenvalue weighted by Gasteiger charge is -2.36. The molecule has 0 radical (unpaired) electrons. The van der Waals surface area contributed by atoms with Crippen LogP contribution in [-0.2, 0) is 11.2 Å². The molecule has 1 heterocycles. The van der Waals surface area contributed by atoms with E-state index in [9.17, 15) is 4.79 Å². The molecule has 0 spiro atoms. The van der Waals surface area contributed by atoms with Gasteiger partial charge in [0, 0.05) is 19.0 Å². The van der Waals surface area contributed by atoms with Crippen LogP contribution in [0.15, 0.2) is 54.6 Å². The van der Waals surface area contributed by atoms with Gasteiger partial charge in [-0.15, -0.1) is 0 Å². The minimum atomic E-state index is -0.461.